The maximum Gasteiger partial charge on any atom is 0.323 e. The van der Waals surface area contributed by atoms with Gasteiger partial charge in [0, 0.05) is 11.8 Å². The summed E-state index contributed by atoms with van der Waals surface area (Å²) in [6.07, 6.45) is -4.81. The Morgan fingerprint density at radius 3 is 2.79 bits per heavy atom. The van der Waals surface area contributed by atoms with E-state index in [1.54, 1.807) is 13.8 Å². The zero-order chi connectivity index (χ0) is 21.9. The Hall–Kier alpha value is -1.43. The number of nitrogens with zero attached hydrogens (tertiary/aromatic N) is 1. The fourth-order valence-corrected chi connectivity index (χ4v) is 3.73. The summed E-state index contributed by atoms with van der Waals surface area (Å²) in [6.45, 7) is 5.97. The van der Waals surface area contributed by atoms with Gasteiger partial charge in [-0.25, -0.2) is 9.48 Å². The molecule has 2 heterocycles. The number of alkyl halides is 1. The van der Waals surface area contributed by atoms with Crippen LogP contribution in [0.4, 0.5) is 4.39 Å². The molecule has 6 atom stereocenters. The van der Waals surface area contributed by atoms with Gasteiger partial charge in [0.15, 0.2) is 17.2 Å². The number of carbonyl (C=O) groups excluding carboxylic acids is 1. The second kappa shape index (κ2) is 10.1. The molecule has 1 aliphatic heterocycles. The second-order valence-corrected chi connectivity index (χ2v) is 8.47. The Morgan fingerprint density at radius 2 is 2.17 bits per heavy atom. The van der Waals surface area contributed by atoms with E-state index in [2.05, 4.69) is 10.1 Å². The van der Waals surface area contributed by atoms with Gasteiger partial charge in [0.05, 0.1) is 12.7 Å². The molecule has 0 amide bonds. The van der Waals surface area contributed by atoms with Crippen molar-refractivity contribution >= 4 is 26.4 Å². The molecule has 0 spiro atoms. The number of hydrogen-bond donors (Lipinski definition) is 3. The van der Waals surface area contributed by atoms with Crippen LogP contribution < -0.4 is 10.6 Å². The van der Waals surface area contributed by atoms with Crippen molar-refractivity contribution in [1.82, 2.24) is 14.6 Å². The number of aromatic nitrogens is 2. The fourth-order valence-electron chi connectivity index (χ4n) is 2.61. The van der Waals surface area contributed by atoms with Crippen LogP contribution in [-0.4, -0.2) is 57.8 Å². The normalized spacial score (nSPS) is 26.4. The summed E-state index contributed by atoms with van der Waals surface area (Å²) in [5, 5.41) is 12.6. The Bertz CT molecular complexity index is 877. The predicted octanol–water partition coefficient (Wildman–Crippen LogP) is 1.15. The van der Waals surface area contributed by atoms with E-state index < -0.39 is 50.4 Å². The van der Waals surface area contributed by atoms with E-state index in [9.17, 15) is 23.7 Å². The maximum atomic E-state index is 14.6. The second-order valence-electron chi connectivity index (χ2n) is 6.93. The first kappa shape index (κ1) is 23.8. The van der Waals surface area contributed by atoms with Gasteiger partial charge in [0.25, 0.3) is 13.7 Å². The van der Waals surface area contributed by atoms with E-state index in [4.69, 9.17) is 26.2 Å². The van der Waals surface area contributed by atoms with Gasteiger partial charge in [0.1, 0.15) is 18.2 Å². The van der Waals surface area contributed by atoms with Crippen LogP contribution in [0.15, 0.2) is 11.0 Å². The van der Waals surface area contributed by atoms with Gasteiger partial charge in [-0.3, -0.25) is 23.7 Å². The minimum atomic E-state index is -2.89. The third-order valence-electron chi connectivity index (χ3n) is 4.13. The Balaban J connectivity index is 1.97. The molecule has 29 heavy (non-hydrogen) atoms. The highest BCUT2D eigenvalue weighted by atomic mass is 32.1. The van der Waals surface area contributed by atoms with Gasteiger partial charge in [0.2, 0.25) is 0 Å². The third kappa shape index (κ3) is 6.03. The number of rotatable bonds is 8. The van der Waals surface area contributed by atoms with Gasteiger partial charge < -0.3 is 19.1 Å². The summed E-state index contributed by atoms with van der Waals surface area (Å²) in [5.41, 5.74) is -0.116. The minimum absolute atomic E-state index is 0.0604. The number of aromatic amines is 1. The quantitative estimate of drug-likeness (QED) is 0.301. The van der Waals surface area contributed by atoms with E-state index in [-0.39, 0.29) is 17.5 Å². The Labute approximate surface area is 172 Å². The van der Waals surface area contributed by atoms with Gasteiger partial charge in [-0.05, 0) is 39.9 Å². The first-order valence-electron chi connectivity index (χ1n) is 8.94. The molecule has 1 aliphatic rings. The van der Waals surface area contributed by atoms with Crippen LogP contribution in [-0.2, 0) is 23.4 Å². The van der Waals surface area contributed by atoms with Crippen LogP contribution in [0.2, 0.25) is 0 Å². The average Bonchev–Trinajstić information content (AvgIpc) is 2.90. The molecule has 0 aromatic carbocycles. The number of hydrogen-bond acceptors (Lipinski definition) is 8. The van der Waals surface area contributed by atoms with Crippen molar-refractivity contribution in [2.75, 3.05) is 6.61 Å². The number of carbonyl (C=O) groups is 1. The van der Waals surface area contributed by atoms with Crippen molar-refractivity contribution in [1.29, 1.82) is 0 Å². The van der Waals surface area contributed by atoms with Crippen LogP contribution >= 0.6 is 20.4 Å². The van der Waals surface area contributed by atoms with Crippen molar-refractivity contribution in [3.05, 3.63) is 26.9 Å². The predicted molar refractivity (Wildman–Crippen MR) is 104 cm³/mol. The largest absolute Gasteiger partial charge is 0.462 e. The number of nitrogens with one attached hydrogen (secondary N) is 2. The molecule has 1 aromatic heterocycles. The lowest BCUT2D eigenvalue weighted by molar-refractivity contribution is -0.149. The standard InChI is InChI=1S/C16H25FN3O7PS/c1-7(2)26-15(23)9(4)19-28(24)25-6-10-12(21)11(17)14(27-10)20-5-8(3)13(22)18-16(20)29/h5,7,9-12,14,21,28H,6H2,1-4H3,(H,19,24)(H,18,22,29)/t9-,10?,11?,12?,14?/m0/s1. The number of aliphatic hydroxyl groups is 1. The Kier molecular flexibility index (Phi) is 8.27. The number of aliphatic hydroxyl groups excluding tert-OH is 1. The van der Waals surface area contributed by atoms with Crippen molar-refractivity contribution in [2.45, 2.75) is 64.4 Å². The molecule has 1 aromatic rings. The van der Waals surface area contributed by atoms with Crippen molar-refractivity contribution in [3.8, 4) is 0 Å². The maximum absolute atomic E-state index is 14.6. The molecule has 0 aliphatic carbocycles. The van der Waals surface area contributed by atoms with Crippen LogP contribution in [0.5, 0.6) is 0 Å². The molecular weight excluding hydrogens is 428 g/mol. The average molecular weight is 453 g/mol. The lowest BCUT2D eigenvalue weighted by Gasteiger charge is -2.18. The molecule has 1 fully saturated rings. The third-order valence-corrected chi connectivity index (χ3v) is 5.54. The highest BCUT2D eigenvalue weighted by Gasteiger charge is 2.45. The lowest BCUT2D eigenvalue weighted by atomic mass is 10.1. The van der Waals surface area contributed by atoms with E-state index in [0.29, 0.717) is 5.56 Å². The molecule has 1 saturated heterocycles. The van der Waals surface area contributed by atoms with Gasteiger partial charge >= 0.3 is 5.97 Å². The molecule has 0 bridgehead atoms. The van der Waals surface area contributed by atoms with Crippen LogP contribution in [0.3, 0.4) is 0 Å². The zero-order valence-electron chi connectivity index (χ0n) is 16.4. The summed E-state index contributed by atoms with van der Waals surface area (Å²) < 4.78 is 43.3. The van der Waals surface area contributed by atoms with E-state index in [1.807, 2.05) is 0 Å². The van der Waals surface area contributed by atoms with E-state index in [0.717, 1.165) is 0 Å². The summed E-state index contributed by atoms with van der Waals surface area (Å²) in [5.74, 6) is -0.592. The highest BCUT2D eigenvalue weighted by molar-refractivity contribution is 7.71. The van der Waals surface area contributed by atoms with Crippen molar-refractivity contribution < 1.29 is 32.9 Å². The smallest absolute Gasteiger partial charge is 0.323 e. The molecular formula is C16H25FN3O7PS. The number of esters is 1. The van der Waals surface area contributed by atoms with Gasteiger partial charge in [-0.2, -0.15) is 0 Å². The van der Waals surface area contributed by atoms with Crippen molar-refractivity contribution in [2.24, 2.45) is 0 Å². The van der Waals surface area contributed by atoms with Crippen LogP contribution in [0.1, 0.15) is 32.6 Å². The first-order chi connectivity index (χ1) is 13.5. The lowest BCUT2D eigenvalue weighted by Crippen LogP contribution is -2.34. The molecule has 10 nitrogen and oxygen atoms in total. The molecule has 164 valence electrons. The van der Waals surface area contributed by atoms with Gasteiger partial charge in [-0.15, -0.1) is 0 Å². The molecule has 5 unspecified atom stereocenters. The summed E-state index contributed by atoms with van der Waals surface area (Å²) in [4.78, 5) is 25.7. The fraction of sp³-hybridized carbons (Fsp3) is 0.688. The topological polar surface area (TPSA) is 132 Å². The van der Waals surface area contributed by atoms with Crippen LogP contribution in [0, 0.1) is 11.7 Å². The summed E-state index contributed by atoms with van der Waals surface area (Å²) in [6, 6.07) is -0.873. The SMILES string of the molecule is Cc1cn(C2OC(CO[PH](=O)N[C@@H](C)C(=O)OC(C)C)C(O)C2F)c(=S)[nH]c1=O. The number of H-pyrrole nitrogens is 1. The van der Waals surface area contributed by atoms with Gasteiger partial charge in [-0.1, -0.05) is 0 Å². The first-order valence-corrected chi connectivity index (χ1v) is 10.7. The Morgan fingerprint density at radius 1 is 1.52 bits per heavy atom. The molecule has 3 N–H and O–H groups in total. The summed E-state index contributed by atoms with van der Waals surface area (Å²) >= 11 is 5.02. The van der Waals surface area contributed by atoms with Crippen molar-refractivity contribution in [3.63, 3.8) is 0 Å². The number of halogens is 1. The van der Waals surface area contributed by atoms with E-state index >= 15 is 0 Å². The zero-order valence-corrected chi connectivity index (χ0v) is 18.2. The molecule has 2 rings (SSSR count). The minimum Gasteiger partial charge on any atom is -0.462 e. The summed E-state index contributed by atoms with van der Waals surface area (Å²) in [7, 11) is -2.89. The number of aryl methyl sites for hydroxylation is 1. The monoisotopic (exact) mass is 453 g/mol. The molecule has 0 saturated carbocycles. The van der Waals surface area contributed by atoms with E-state index in [1.165, 1.54) is 24.6 Å². The highest BCUT2D eigenvalue weighted by Crippen LogP contribution is 2.33. The van der Waals surface area contributed by atoms with Crippen LogP contribution in [0.25, 0.3) is 0 Å². The molecule has 13 heteroatoms. The number of ether oxygens (including phenoxy) is 2. The molecule has 0 radical (unpaired) electrons.